The number of hydrogen-bond donors (Lipinski definition) is 0. The molecule has 1 aromatic rings. The third-order valence-corrected chi connectivity index (χ3v) is 3.19. The van der Waals surface area contributed by atoms with Crippen LogP contribution in [0.3, 0.4) is 0 Å². The molecule has 0 saturated heterocycles. The van der Waals surface area contributed by atoms with E-state index in [2.05, 4.69) is 42.5 Å². The highest BCUT2D eigenvalue weighted by molar-refractivity contribution is 5.16. The number of benzene rings is 1. The second kappa shape index (κ2) is 5.75. The highest BCUT2D eigenvalue weighted by atomic mass is 14.1. The van der Waals surface area contributed by atoms with E-state index in [0.717, 1.165) is 5.92 Å². The molecule has 0 nitrogen and oxygen atoms in total. The summed E-state index contributed by atoms with van der Waals surface area (Å²) in [5.41, 5.74) is 1.48. The van der Waals surface area contributed by atoms with Crippen molar-refractivity contribution < 1.29 is 0 Å². The molecule has 1 aliphatic carbocycles. The van der Waals surface area contributed by atoms with Crippen molar-refractivity contribution in [3.63, 3.8) is 0 Å². The Kier molecular flexibility index (Phi) is 4.01. The fourth-order valence-electron chi connectivity index (χ4n) is 2.32. The molecule has 1 atom stereocenters. The summed E-state index contributed by atoms with van der Waals surface area (Å²) in [7, 11) is 0. The molecule has 1 unspecified atom stereocenters. The van der Waals surface area contributed by atoms with Crippen molar-refractivity contribution in [3.05, 3.63) is 48.0 Å². The maximum Gasteiger partial charge on any atom is -0.0193 e. The molecule has 0 amide bonds. The summed E-state index contributed by atoms with van der Waals surface area (Å²) in [5.74, 6) is 0.771. The van der Waals surface area contributed by atoms with E-state index in [1.807, 2.05) is 0 Å². The van der Waals surface area contributed by atoms with Crippen molar-refractivity contribution in [1.29, 1.82) is 0 Å². The van der Waals surface area contributed by atoms with Crippen LogP contribution < -0.4 is 0 Å². The molecule has 15 heavy (non-hydrogen) atoms. The first kappa shape index (κ1) is 10.5. The quantitative estimate of drug-likeness (QED) is 0.622. The van der Waals surface area contributed by atoms with Crippen LogP contribution in [0.1, 0.15) is 37.7 Å². The van der Waals surface area contributed by atoms with Crippen LogP contribution >= 0.6 is 0 Å². The molecule has 80 valence electrons. The van der Waals surface area contributed by atoms with E-state index in [0.29, 0.717) is 0 Å². The molecule has 0 radical (unpaired) electrons. The van der Waals surface area contributed by atoms with Crippen molar-refractivity contribution in [2.45, 2.75) is 38.5 Å². The lowest BCUT2D eigenvalue weighted by Crippen LogP contribution is -2.03. The second-order valence-corrected chi connectivity index (χ2v) is 4.52. The zero-order chi connectivity index (χ0) is 10.3. The summed E-state index contributed by atoms with van der Waals surface area (Å²) >= 11 is 0. The zero-order valence-electron chi connectivity index (χ0n) is 9.36. The van der Waals surface area contributed by atoms with Crippen LogP contribution in [-0.4, -0.2) is 0 Å². The van der Waals surface area contributed by atoms with Crippen molar-refractivity contribution in [3.8, 4) is 0 Å². The van der Waals surface area contributed by atoms with Crippen LogP contribution in [0.2, 0.25) is 0 Å². The molecule has 1 aromatic carbocycles. The predicted molar refractivity (Wildman–Crippen MR) is 65.9 cm³/mol. The van der Waals surface area contributed by atoms with Gasteiger partial charge in [-0.3, -0.25) is 0 Å². The Morgan fingerprint density at radius 3 is 2.73 bits per heavy atom. The SMILES string of the molecule is C1=C\C(Cc2ccccc2)CCCCC/1. The van der Waals surface area contributed by atoms with Gasteiger partial charge in [0.05, 0.1) is 0 Å². The Balaban J connectivity index is 1.95. The fraction of sp³-hybridized carbons (Fsp3) is 0.467. The third-order valence-electron chi connectivity index (χ3n) is 3.19. The molecule has 1 aliphatic rings. The van der Waals surface area contributed by atoms with E-state index in [1.54, 1.807) is 0 Å². The van der Waals surface area contributed by atoms with Gasteiger partial charge in [-0.1, -0.05) is 55.3 Å². The third kappa shape index (κ3) is 3.54. The smallest absolute Gasteiger partial charge is 0.0193 e. The summed E-state index contributed by atoms with van der Waals surface area (Å²) in [6.07, 6.45) is 12.9. The fourth-order valence-corrected chi connectivity index (χ4v) is 2.32. The lowest BCUT2D eigenvalue weighted by molar-refractivity contribution is 0.518. The maximum atomic E-state index is 2.44. The molecule has 0 fully saturated rings. The lowest BCUT2D eigenvalue weighted by Gasteiger charge is -2.14. The molecular weight excluding hydrogens is 180 g/mol. The minimum Gasteiger partial charge on any atom is -0.0882 e. The molecule has 0 heteroatoms. The van der Waals surface area contributed by atoms with Gasteiger partial charge in [0, 0.05) is 0 Å². The first-order valence-electron chi connectivity index (χ1n) is 6.16. The summed E-state index contributed by atoms with van der Waals surface area (Å²) in [6, 6.07) is 10.9. The van der Waals surface area contributed by atoms with Crippen molar-refractivity contribution in [1.82, 2.24) is 0 Å². The van der Waals surface area contributed by atoms with Gasteiger partial charge in [-0.05, 0) is 37.2 Å². The summed E-state index contributed by atoms with van der Waals surface area (Å²) in [4.78, 5) is 0. The van der Waals surface area contributed by atoms with Gasteiger partial charge in [-0.25, -0.2) is 0 Å². The Bertz CT molecular complexity index is 297. The van der Waals surface area contributed by atoms with Gasteiger partial charge >= 0.3 is 0 Å². The Labute approximate surface area is 93.0 Å². The molecule has 2 rings (SSSR count). The summed E-state index contributed by atoms with van der Waals surface area (Å²) < 4.78 is 0. The van der Waals surface area contributed by atoms with E-state index in [-0.39, 0.29) is 0 Å². The van der Waals surface area contributed by atoms with Gasteiger partial charge < -0.3 is 0 Å². The van der Waals surface area contributed by atoms with Gasteiger partial charge in [0.1, 0.15) is 0 Å². The first-order valence-corrected chi connectivity index (χ1v) is 6.16. The van der Waals surface area contributed by atoms with Crippen LogP contribution in [0.5, 0.6) is 0 Å². The highest BCUT2D eigenvalue weighted by Gasteiger charge is 2.07. The van der Waals surface area contributed by atoms with E-state index >= 15 is 0 Å². The minimum absolute atomic E-state index is 0.771. The molecular formula is C15H20. The van der Waals surface area contributed by atoms with Crippen LogP contribution in [0.25, 0.3) is 0 Å². The van der Waals surface area contributed by atoms with Gasteiger partial charge in [0.2, 0.25) is 0 Å². The monoisotopic (exact) mass is 200 g/mol. The first-order chi connectivity index (χ1) is 7.45. The van der Waals surface area contributed by atoms with Crippen LogP contribution in [0, 0.1) is 5.92 Å². The van der Waals surface area contributed by atoms with Gasteiger partial charge in [0.15, 0.2) is 0 Å². The van der Waals surface area contributed by atoms with Gasteiger partial charge in [-0.15, -0.1) is 0 Å². The predicted octanol–water partition coefficient (Wildman–Crippen LogP) is 4.37. The topological polar surface area (TPSA) is 0 Å². The van der Waals surface area contributed by atoms with E-state index in [1.165, 1.54) is 44.1 Å². The van der Waals surface area contributed by atoms with Crippen LogP contribution in [0.15, 0.2) is 42.5 Å². The zero-order valence-corrected chi connectivity index (χ0v) is 9.36. The van der Waals surface area contributed by atoms with Crippen LogP contribution in [-0.2, 0) is 6.42 Å². The van der Waals surface area contributed by atoms with Gasteiger partial charge in [-0.2, -0.15) is 0 Å². The Morgan fingerprint density at radius 2 is 1.87 bits per heavy atom. The molecule has 0 spiro atoms. The average molecular weight is 200 g/mol. The standard InChI is InChI=1S/C15H20/c1-2-5-9-14(10-6-3-1)13-15-11-7-4-8-12-15/h4-5,7-9,11-12,14H,1-3,6,10,13H2/b9-5-. The molecule has 0 saturated carbocycles. The average Bonchev–Trinajstić information content (AvgIpc) is 2.23. The van der Waals surface area contributed by atoms with Crippen molar-refractivity contribution in [2.75, 3.05) is 0 Å². The van der Waals surface area contributed by atoms with E-state index in [9.17, 15) is 0 Å². The van der Waals surface area contributed by atoms with Crippen LogP contribution in [0.4, 0.5) is 0 Å². The Morgan fingerprint density at radius 1 is 1.00 bits per heavy atom. The number of allylic oxidation sites excluding steroid dienone is 2. The molecule has 0 N–H and O–H groups in total. The van der Waals surface area contributed by atoms with Crippen molar-refractivity contribution >= 4 is 0 Å². The van der Waals surface area contributed by atoms with E-state index < -0.39 is 0 Å². The van der Waals surface area contributed by atoms with Crippen molar-refractivity contribution in [2.24, 2.45) is 5.92 Å². The second-order valence-electron chi connectivity index (χ2n) is 4.52. The minimum atomic E-state index is 0.771. The molecule has 0 aromatic heterocycles. The molecule has 0 bridgehead atoms. The molecule has 0 aliphatic heterocycles. The summed E-state index contributed by atoms with van der Waals surface area (Å²) in [6.45, 7) is 0. The number of hydrogen-bond acceptors (Lipinski definition) is 0. The number of rotatable bonds is 2. The largest absolute Gasteiger partial charge is 0.0882 e. The normalized spacial score (nSPS) is 24.1. The maximum absolute atomic E-state index is 2.44. The highest BCUT2D eigenvalue weighted by Crippen LogP contribution is 2.20. The summed E-state index contributed by atoms with van der Waals surface area (Å²) in [5, 5.41) is 0. The lowest BCUT2D eigenvalue weighted by atomic mass is 9.91. The molecule has 0 heterocycles. The van der Waals surface area contributed by atoms with Gasteiger partial charge in [0.25, 0.3) is 0 Å². The Hall–Kier alpha value is -1.04. The van der Waals surface area contributed by atoms with E-state index in [4.69, 9.17) is 0 Å².